The minimum Gasteiger partial charge on any atom is -0.339 e. The summed E-state index contributed by atoms with van der Waals surface area (Å²) in [6, 6.07) is 3.94. The molecule has 2 rings (SSSR count). The second-order valence-corrected chi connectivity index (χ2v) is 5.93. The van der Waals surface area contributed by atoms with E-state index in [-0.39, 0.29) is 29.8 Å². The number of hydrogen-bond donors (Lipinski definition) is 1. The molecule has 2 N–H and O–H groups in total. The smallest absolute Gasteiger partial charge is 0.339 e. The molecular formula is C16H20F3N3O2. The topological polar surface area (TPSA) is 66.6 Å². The van der Waals surface area contributed by atoms with Crippen molar-refractivity contribution in [1.29, 1.82) is 0 Å². The molecule has 1 unspecified atom stereocenters. The SMILES string of the molecule is CC(N)CC(=O)N1CCN(C(=O)c2ccc(C(F)(F)F)cc2)CC1. The van der Waals surface area contributed by atoms with Crippen molar-refractivity contribution in [3.8, 4) is 0 Å². The van der Waals surface area contributed by atoms with E-state index in [4.69, 9.17) is 5.73 Å². The first-order chi connectivity index (χ1) is 11.2. The molecule has 2 amide bonds. The van der Waals surface area contributed by atoms with Crippen LogP contribution < -0.4 is 5.73 Å². The monoisotopic (exact) mass is 343 g/mol. The van der Waals surface area contributed by atoms with Crippen LogP contribution in [0, 0.1) is 0 Å². The molecule has 1 atom stereocenters. The van der Waals surface area contributed by atoms with Gasteiger partial charge in [-0.1, -0.05) is 0 Å². The average molecular weight is 343 g/mol. The van der Waals surface area contributed by atoms with Crippen LogP contribution in [0.1, 0.15) is 29.3 Å². The van der Waals surface area contributed by atoms with E-state index < -0.39 is 11.7 Å². The molecule has 1 aliphatic rings. The number of carbonyl (C=O) groups is 2. The van der Waals surface area contributed by atoms with Crippen molar-refractivity contribution in [2.75, 3.05) is 26.2 Å². The number of amides is 2. The molecule has 0 aliphatic carbocycles. The Morgan fingerprint density at radius 2 is 1.58 bits per heavy atom. The molecular weight excluding hydrogens is 323 g/mol. The van der Waals surface area contributed by atoms with Gasteiger partial charge in [-0.25, -0.2) is 0 Å². The summed E-state index contributed by atoms with van der Waals surface area (Å²) in [5.41, 5.74) is 5.02. The Balaban J connectivity index is 1.94. The number of rotatable bonds is 3. The summed E-state index contributed by atoms with van der Waals surface area (Å²) >= 11 is 0. The number of alkyl halides is 3. The predicted octanol–water partition coefficient (Wildman–Crippen LogP) is 1.73. The van der Waals surface area contributed by atoms with Gasteiger partial charge < -0.3 is 15.5 Å². The van der Waals surface area contributed by atoms with Crippen LogP contribution in [0.2, 0.25) is 0 Å². The van der Waals surface area contributed by atoms with Gasteiger partial charge in [0.25, 0.3) is 5.91 Å². The highest BCUT2D eigenvalue weighted by atomic mass is 19.4. The second-order valence-electron chi connectivity index (χ2n) is 5.93. The molecule has 0 bridgehead atoms. The Morgan fingerprint density at radius 3 is 2.04 bits per heavy atom. The predicted molar refractivity (Wildman–Crippen MR) is 82.2 cm³/mol. The van der Waals surface area contributed by atoms with Gasteiger partial charge in [-0.05, 0) is 31.2 Å². The summed E-state index contributed by atoms with van der Waals surface area (Å²) in [6.07, 6.45) is -4.17. The molecule has 1 aliphatic heterocycles. The third kappa shape index (κ3) is 4.47. The van der Waals surface area contributed by atoms with Crippen LogP contribution >= 0.6 is 0 Å². The first kappa shape index (κ1) is 18.3. The summed E-state index contributed by atoms with van der Waals surface area (Å²) in [4.78, 5) is 27.5. The fraction of sp³-hybridized carbons (Fsp3) is 0.500. The van der Waals surface area contributed by atoms with Gasteiger partial charge in [-0.2, -0.15) is 13.2 Å². The van der Waals surface area contributed by atoms with E-state index in [2.05, 4.69) is 0 Å². The Labute approximate surface area is 138 Å². The maximum atomic E-state index is 12.5. The first-order valence-corrected chi connectivity index (χ1v) is 7.68. The van der Waals surface area contributed by atoms with Crippen molar-refractivity contribution < 1.29 is 22.8 Å². The molecule has 8 heteroatoms. The van der Waals surface area contributed by atoms with Gasteiger partial charge in [0.2, 0.25) is 5.91 Å². The van der Waals surface area contributed by atoms with E-state index in [0.717, 1.165) is 12.1 Å². The molecule has 1 saturated heterocycles. The van der Waals surface area contributed by atoms with E-state index in [0.29, 0.717) is 26.2 Å². The van der Waals surface area contributed by atoms with Gasteiger partial charge in [0.1, 0.15) is 0 Å². The largest absolute Gasteiger partial charge is 0.416 e. The molecule has 0 spiro atoms. The number of nitrogens with two attached hydrogens (primary N) is 1. The fourth-order valence-corrected chi connectivity index (χ4v) is 2.55. The van der Waals surface area contributed by atoms with Crippen LogP contribution in [-0.4, -0.2) is 53.8 Å². The number of benzene rings is 1. The van der Waals surface area contributed by atoms with E-state index in [1.165, 1.54) is 17.0 Å². The Bertz CT molecular complexity index is 592. The number of halogens is 3. The van der Waals surface area contributed by atoms with Crippen molar-refractivity contribution in [2.45, 2.75) is 25.6 Å². The molecule has 24 heavy (non-hydrogen) atoms. The van der Waals surface area contributed by atoms with Crippen molar-refractivity contribution >= 4 is 11.8 Å². The number of piperazine rings is 1. The molecule has 0 aromatic heterocycles. The molecule has 1 fully saturated rings. The number of hydrogen-bond acceptors (Lipinski definition) is 3. The van der Waals surface area contributed by atoms with Crippen LogP contribution in [-0.2, 0) is 11.0 Å². The standard InChI is InChI=1S/C16H20F3N3O2/c1-11(20)10-14(23)21-6-8-22(9-7-21)15(24)12-2-4-13(5-3-12)16(17,18)19/h2-5,11H,6-10,20H2,1H3. The average Bonchev–Trinajstić information content (AvgIpc) is 2.53. The third-order valence-electron chi connectivity index (χ3n) is 3.88. The lowest BCUT2D eigenvalue weighted by atomic mass is 10.1. The lowest BCUT2D eigenvalue weighted by molar-refractivity contribution is -0.137. The number of nitrogens with zero attached hydrogens (tertiary/aromatic N) is 2. The van der Waals surface area contributed by atoms with Crippen LogP contribution in [0.4, 0.5) is 13.2 Å². The lowest BCUT2D eigenvalue weighted by Crippen LogP contribution is -2.51. The molecule has 1 aromatic carbocycles. The van der Waals surface area contributed by atoms with Gasteiger partial charge in [-0.3, -0.25) is 9.59 Å². The van der Waals surface area contributed by atoms with Gasteiger partial charge in [0, 0.05) is 44.2 Å². The highest BCUT2D eigenvalue weighted by Gasteiger charge is 2.31. The van der Waals surface area contributed by atoms with Gasteiger partial charge in [0.05, 0.1) is 5.56 Å². The summed E-state index contributed by atoms with van der Waals surface area (Å²) in [6.45, 7) is 3.26. The summed E-state index contributed by atoms with van der Waals surface area (Å²) in [7, 11) is 0. The van der Waals surface area contributed by atoms with Crippen LogP contribution in [0.5, 0.6) is 0 Å². The Kier molecular flexibility index (Phi) is 5.48. The maximum Gasteiger partial charge on any atom is 0.416 e. The van der Waals surface area contributed by atoms with Crippen LogP contribution in [0.3, 0.4) is 0 Å². The van der Waals surface area contributed by atoms with Crippen LogP contribution in [0.25, 0.3) is 0 Å². The molecule has 1 aromatic rings. The first-order valence-electron chi connectivity index (χ1n) is 7.68. The van der Waals surface area contributed by atoms with Crippen molar-refractivity contribution in [3.63, 3.8) is 0 Å². The second kappa shape index (κ2) is 7.21. The molecule has 0 saturated carbocycles. The molecule has 0 radical (unpaired) electrons. The van der Waals surface area contributed by atoms with Crippen molar-refractivity contribution in [1.82, 2.24) is 9.80 Å². The molecule has 1 heterocycles. The maximum absolute atomic E-state index is 12.5. The zero-order chi connectivity index (χ0) is 17.9. The lowest BCUT2D eigenvalue weighted by Gasteiger charge is -2.35. The van der Waals surface area contributed by atoms with E-state index >= 15 is 0 Å². The van der Waals surface area contributed by atoms with E-state index in [1.807, 2.05) is 0 Å². The molecule has 132 valence electrons. The van der Waals surface area contributed by atoms with E-state index in [9.17, 15) is 22.8 Å². The minimum absolute atomic E-state index is 0.0494. The highest BCUT2D eigenvalue weighted by Crippen LogP contribution is 2.29. The normalized spacial score (nSPS) is 16.9. The zero-order valence-corrected chi connectivity index (χ0v) is 13.3. The van der Waals surface area contributed by atoms with E-state index in [1.54, 1.807) is 11.8 Å². The summed E-state index contributed by atoms with van der Waals surface area (Å²) in [5.74, 6) is -0.380. The quantitative estimate of drug-likeness (QED) is 0.909. The third-order valence-corrected chi connectivity index (χ3v) is 3.88. The van der Waals surface area contributed by atoms with Crippen molar-refractivity contribution in [3.05, 3.63) is 35.4 Å². The van der Waals surface area contributed by atoms with Crippen molar-refractivity contribution in [2.24, 2.45) is 5.73 Å². The minimum atomic E-state index is -4.42. The highest BCUT2D eigenvalue weighted by molar-refractivity contribution is 5.94. The Hall–Kier alpha value is -2.09. The molecule has 5 nitrogen and oxygen atoms in total. The van der Waals surface area contributed by atoms with Gasteiger partial charge in [0.15, 0.2) is 0 Å². The van der Waals surface area contributed by atoms with Gasteiger partial charge >= 0.3 is 6.18 Å². The van der Waals surface area contributed by atoms with Gasteiger partial charge in [-0.15, -0.1) is 0 Å². The summed E-state index contributed by atoms with van der Waals surface area (Å²) < 4.78 is 37.6. The number of carbonyl (C=O) groups excluding carboxylic acids is 2. The summed E-state index contributed by atoms with van der Waals surface area (Å²) in [5, 5.41) is 0. The fourth-order valence-electron chi connectivity index (χ4n) is 2.55. The zero-order valence-electron chi connectivity index (χ0n) is 13.3. The Morgan fingerprint density at radius 1 is 1.08 bits per heavy atom. The van der Waals surface area contributed by atoms with Crippen LogP contribution in [0.15, 0.2) is 24.3 Å².